The summed E-state index contributed by atoms with van der Waals surface area (Å²) >= 11 is 0. The predicted octanol–water partition coefficient (Wildman–Crippen LogP) is 3.44. The first-order valence-corrected chi connectivity index (χ1v) is 10.6. The van der Waals surface area contributed by atoms with Crippen molar-refractivity contribution in [2.45, 2.75) is 57.7 Å². The Morgan fingerprint density at radius 3 is 2.73 bits per heavy atom. The Labute approximate surface area is 196 Å². The van der Waals surface area contributed by atoms with E-state index in [9.17, 15) is 9.18 Å². The van der Waals surface area contributed by atoms with Crippen LogP contribution < -0.4 is 10.6 Å². The van der Waals surface area contributed by atoms with E-state index in [2.05, 4.69) is 15.6 Å². The maximum Gasteiger partial charge on any atom is 0.225 e. The molecule has 30 heavy (non-hydrogen) atoms. The lowest BCUT2D eigenvalue weighted by molar-refractivity contribution is -0.135. The van der Waals surface area contributed by atoms with Crippen LogP contribution in [0.3, 0.4) is 0 Å². The number of ether oxygens (including phenoxy) is 1. The van der Waals surface area contributed by atoms with Gasteiger partial charge in [0.2, 0.25) is 5.91 Å². The zero-order valence-corrected chi connectivity index (χ0v) is 20.3. The van der Waals surface area contributed by atoms with Gasteiger partial charge in [0.1, 0.15) is 5.82 Å². The topological polar surface area (TPSA) is 66.0 Å². The van der Waals surface area contributed by atoms with Crippen molar-refractivity contribution in [3.8, 4) is 0 Å². The summed E-state index contributed by atoms with van der Waals surface area (Å²) < 4.78 is 18.8. The molecule has 1 aliphatic carbocycles. The fourth-order valence-corrected chi connectivity index (χ4v) is 4.26. The van der Waals surface area contributed by atoms with Gasteiger partial charge in [0.05, 0.1) is 6.61 Å². The minimum Gasteiger partial charge on any atom is -0.380 e. The van der Waals surface area contributed by atoms with Gasteiger partial charge < -0.3 is 20.3 Å². The lowest BCUT2D eigenvalue weighted by Crippen LogP contribution is -2.45. The Kier molecular flexibility index (Phi) is 10.3. The number of hydrogen-bond donors (Lipinski definition) is 2. The van der Waals surface area contributed by atoms with E-state index in [1.54, 1.807) is 26.3 Å². The molecule has 0 bridgehead atoms. The number of halogens is 2. The quantitative estimate of drug-likeness (QED) is 0.335. The second-order valence-corrected chi connectivity index (χ2v) is 8.03. The fraction of sp³-hybridized carbons (Fsp3) is 0.636. The Bertz CT molecular complexity index is 725. The third-order valence-electron chi connectivity index (χ3n) is 5.89. The van der Waals surface area contributed by atoms with Crippen LogP contribution >= 0.6 is 24.0 Å². The Hall–Kier alpha value is -1.42. The van der Waals surface area contributed by atoms with Gasteiger partial charge in [-0.2, -0.15) is 0 Å². The second kappa shape index (κ2) is 12.4. The van der Waals surface area contributed by atoms with Crippen molar-refractivity contribution in [1.29, 1.82) is 0 Å². The van der Waals surface area contributed by atoms with E-state index >= 15 is 0 Å². The van der Waals surface area contributed by atoms with Gasteiger partial charge in [-0.25, -0.2) is 4.39 Å². The summed E-state index contributed by atoms with van der Waals surface area (Å²) in [5, 5.41) is 6.70. The maximum atomic E-state index is 13.8. The molecule has 0 radical (unpaired) electrons. The first kappa shape index (κ1) is 24.8. The lowest BCUT2D eigenvalue weighted by Gasteiger charge is -2.26. The summed E-state index contributed by atoms with van der Waals surface area (Å²) in [7, 11) is 3.29. The molecule has 0 aromatic heterocycles. The van der Waals surface area contributed by atoms with Crippen molar-refractivity contribution >= 4 is 35.8 Å². The average Bonchev–Trinajstić information content (AvgIpc) is 3.22. The molecule has 1 heterocycles. The summed E-state index contributed by atoms with van der Waals surface area (Å²) in [6.07, 6.45) is 6.62. The van der Waals surface area contributed by atoms with Gasteiger partial charge in [-0.15, -0.1) is 24.0 Å². The molecule has 8 heteroatoms. The van der Waals surface area contributed by atoms with E-state index in [4.69, 9.17) is 4.74 Å². The number of hydrogen-bond acceptors (Lipinski definition) is 3. The second-order valence-electron chi connectivity index (χ2n) is 8.03. The van der Waals surface area contributed by atoms with Crippen LogP contribution in [-0.2, 0) is 22.7 Å². The van der Waals surface area contributed by atoms with Crippen LogP contribution in [0, 0.1) is 11.7 Å². The number of benzene rings is 1. The van der Waals surface area contributed by atoms with Crippen LogP contribution in [0.25, 0.3) is 0 Å². The lowest BCUT2D eigenvalue weighted by atomic mass is 9.88. The van der Waals surface area contributed by atoms with Gasteiger partial charge in [-0.3, -0.25) is 9.79 Å². The molecule has 2 aliphatic rings. The zero-order valence-electron chi connectivity index (χ0n) is 18.0. The monoisotopic (exact) mass is 532 g/mol. The van der Waals surface area contributed by atoms with Crippen molar-refractivity contribution in [3.63, 3.8) is 0 Å². The highest BCUT2D eigenvalue weighted by atomic mass is 127. The molecule has 1 amide bonds. The van der Waals surface area contributed by atoms with E-state index in [1.165, 1.54) is 25.3 Å². The molecule has 1 aromatic carbocycles. The summed E-state index contributed by atoms with van der Waals surface area (Å²) in [6.45, 7) is 2.32. The third-order valence-corrected chi connectivity index (χ3v) is 5.89. The third kappa shape index (κ3) is 6.80. The largest absolute Gasteiger partial charge is 0.380 e. The van der Waals surface area contributed by atoms with Crippen LogP contribution in [0.5, 0.6) is 0 Å². The van der Waals surface area contributed by atoms with Gasteiger partial charge in [0, 0.05) is 51.3 Å². The standard InChI is InChI=1S/C22H33FN4O2.HI/c1-24-22(25-13-16-8-9-20(23)18(12-16)15-29-2)26-19-10-11-27(14-19)21(28)17-6-4-3-5-7-17;/h8-9,12,17,19H,3-7,10-11,13-15H2,1-2H3,(H2,24,25,26);1H. The van der Waals surface area contributed by atoms with Crippen LogP contribution in [0.1, 0.15) is 49.7 Å². The first-order valence-electron chi connectivity index (χ1n) is 10.6. The molecule has 1 atom stereocenters. The van der Waals surface area contributed by atoms with E-state index < -0.39 is 0 Å². The molecule has 3 rings (SSSR count). The number of methoxy groups -OCH3 is 1. The van der Waals surface area contributed by atoms with Gasteiger partial charge >= 0.3 is 0 Å². The molecule has 2 fully saturated rings. The first-order chi connectivity index (χ1) is 14.1. The number of nitrogens with zero attached hydrogens (tertiary/aromatic N) is 2. The Morgan fingerprint density at radius 1 is 1.27 bits per heavy atom. The SMILES string of the molecule is CN=C(NCc1ccc(F)c(COC)c1)NC1CCN(C(=O)C2CCCCC2)C1.I. The summed E-state index contributed by atoms with van der Waals surface area (Å²) in [5.74, 6) is 0.986. The van der Waals surface area contributed by atoms with E-state index in [1.807, 2.05) is 4.90 Å². The molecule has 168 valence electrons. The maximum absolute atomic E-state index is 13.8. The van der Waals surface area contributed by atoms with Crippen molar-refractivity contribution in [3.05, 3.63) is 35.1 Å². The highest BCUT2D eigenvalue weighted by molar-refractivity contribution is 14.0. The highest BCUT2D eigenvalue weighted by Gasteiger charge is 2.31. The highest BCUT2D eigenvalue weighted by Crippen LogP contribution is 2.26. The number of likely N-dealkylation sites (tertiary alicyclic amines) is 1. The molecular formula is C22H34FIN4O2. The number of carbonyl (C=O) groups excluding carboxylic acids is 1. The number of nitrogens with one attached hydrogen (secondary N) is 2. The van der Waals surface area contributed by atoms with Gasteiger partial charge in [-0.1, -0.05) is 25.3 Å². The van der Waals surface area contributed by atoms with Gasteiger partial charge in [0.15, 0.2) is 5.96 Å². The molecule has 1 saturated carbocycles. The number of aliphatic imine (C=N–C) groups is 1. The van der Waals surface area contributed by atoms with E-state index in [-0.39, 0.29) is 48.4 Å². The number of rotatable bonds is 6. The molecule has 1 saturated heterocycles. The van der Waals surface area contributed by atoms with Crippen molar-refractivity contribution in [2.24, 2.45) is 10.9 Å². The molecule has 6 nitrogen and oxygen atoms in total. The summed E-state index contributed by atoms with van der Waals surface area (Å²) in [5.41, 5.74) is 1.50. The average molecular weight is 532 g/mol. The van der Waals surface area contributed by atoms with Crippen LogP contribution in [0.15, 0.2) is 23.2 Å². The van der Waals surface area contributed by atoms with Gasteiger partial charge in [0.25, 0.3) is 0 Å². The van der Waals surface area contributed by atoms with E-state index in [0.717, 1.165) is 37.9 Å². The zero-order chi connectivity index (χ0) is 20.6. The van der Waals surface area contributed by atoms with Crippen molar-refractivity contribution < 1.29 is 13.9 Å². The van der Waals surface area contributed by atoms with E-state index in [0.29, 0.717) is 24.0 Å². The fourth-order valence-electron chi connectivity index (χ4n) is 4.26. The number of amides is 1. The van der Waals surface area contributed by atoms with Crippen LogP contribution in [0.2, 0.25) is 0 Å². The summed E-state index contributed by atoms with van der Waals surface area (Å²) in [6, 6.07) is 5.23. The molecule has 0 spiro atoms. The van der Waals surface area contributed by atoms with Crippen molar-refractivity contribution in [1.82, 2.24) is 15.5 Å². The normalized spacial score (nSPS) is 20.0. The van der Waals surface area contributed by atoms with Crippen LogP contribution in [0.4, 0.5) is 4.39 Å². The number of guanidine groups is 1. The Balaban J connectivity index is 0.00000320. The summed E-state index contributed by atoms with van der Waals surface area (Å²) in [4.78, 5) is 19.0. The molecule has 1 aliphatic heterocycles. The smallest absolute Gasteiger partial charge is 0.225 e. The molecular weight excluding hydrogens is 498 g/mol. The molecule has 2 N–H and O–H groups in total. The molecule has 1 aromatic rings. The van der Waals surface area contributed by atoms with Gasteiger partial charge in [-0.05, 0) is 37.0 Å². The predicted molar refractivity (Wildman–Crippen MR) is 127 cm³/mol. The number of carbonyl (C=O) groups is 1. The minimum atomic E-state index is -0.258. The molecule has 1 unspecified atom stereocenters. The van der Waals surface area contributed by atoms with Crippen molar-refractivity contribution in [2.75, 3.05) is 27.2 Å². The Morgan fingerprint density at radius 2 is 2.03 bits per heavy atom. The van der Waals surface area contributed by atoms with Crippen LogP contribution in [-0.4, -0.2) is 50.1 Å². The minimum absolute atomic E-state index is 0.